The highest BCUT2D eigenvalue weighted by Gasteiger charge is 2.22. The molecule has 1 unspecified atom stereocenters. The van der Waals surface area contributed by atoms with Crippen LogP contribution in [0.15, 0.2) is 18.2 Å². The number of ketones is 1. The molecule has 0 fully saturated rings. The Hall–Kier alpha value is -0.930. The van der Waals surface area contributed by atoms with Crippen LogP contribution in [0.5, 0.6) is 0 Å². The number of hydrogen-bond acceptors (Lipinski definition) is 2. The van der Waals surface area contributed by atoms with Crippen LogP contribution in [-0.4, -0.2) is 18.5 Å². The van der Waals surface area contributed by atoms with E-state index in [1.165, 1.54) is 12.1 Å². The van der Waals surface area contributed by atoms with Gasteiger partial charge in [-0.3, -0.25) is 4.79 Å². The Bertz CT molecular complexity index is 387. The maximum Gasteiger partial charge on any atom is 0.194 e. The highest BCUT2D eigenvalue weighted by molar-refractivity contribution is 6.30. The Morgan fingerprint density at radius 1 is 1.47 bits per heavy atom. The van der Waals surface area contributed by atoms with Gasteiger partial charge in [-0.2, -0.15) is 0 Å². The lowest BCUT2D eigenvalue weighted by atomic mass is 10.0. The summed E-state index contributed by atoms with van der Waals surface area (Å²) in [5.41, 5.74) is 0.0429. The number of carbonyl (C=O) groups is 1. The molecule has 1 aromatic rings. The first-order chi connectivity index (χ1) is 8.10. The van der Waals surface area contributed by atoms with Crippen molar-refractivity contribution >= 4 is 17.4 Å². The van der Waals surface area contributed by atoms with Gasteiger partial charge < -0.3 is 4.74 Å². The smallest absolute Gasteiger partial charge is 0.194 e. The van der Waals surface area contributed by atoms with Crippen molar-refractivity contribution in [3.63, 3.8) is 0 Å². The maximum absolute atomic E-state index is 13.6. The molecule has 0 aliphatic rings. The summed E-state index contributed by atoms with van der Waals surface area (Å²) in [5.74, 6) is -0.911. The SMILES string of the molecule is CCCC(OCC)C(=O)c1ccc(Cl)cc1F. The van der Waals surface area contributed by atoms with Gasteiger partial charge in [-0.15, -0.1) is 0 Å². The van der Waals surface area contributed by atoms with E-state index in [0.29, 0.717) is 13.0 Å². The number of ether oxygens (including phenoxy) is 1. The quantitative estimate of drug-likeness (QED) is 0.724. The van der Waals surface area contributed by atoms with Gasteiger partial charge in [0, 0.05) is 11.6 Å². The van der Waals surface area contributed by atoms with Gasteiger partial charge in [0.25, 0.3) is 0 Å². The minimum atomic E-state index is -0.594. The second kappa shape index (κ2) is 6.72. The Morgan fingerprint density at radius 2 is 2.18 bits per heavy atom. The van der Waals surface area contributed by atoms with Crippen molar-refractivity contribution in [2.45, 2.75) is 32.8 Å². The molecule has 0 amide bonds. The Labute approximate surface area is 106 Å². The normalized spacial score (nSPS) is 12.5. The first kappa shape index (κ1) is 14.1. The molecule has 1 rings (SSSR count). The predicted molar refractivity (Wildman–Crippen MR) is 66.1 cm³/mol. The van der Waals surface area contributed by atoms with Crippen molar-refractivity contribution in [2.24, 2.45) is 0 Å². The van der Waals surface area contributed by atoms with Crippen LogP contribution in [0.25, 0.3) is 0 Å². The molecule has 0 saturated heterocycles. The third-order valence-electron chi connectivity index (χ3n) is 2.41. The topological polar surface area (TPSA) is 26.3 Å². The number of Topliss-reactive ketones (excluding diaryl/α,β-unsaturated/α-hetero) is 1. The summed E-state index contributed by atoms with van der Waals surface area (Å²) >= 11 is 5.64. The zero-order valence-electron chi connectivity index (χ0n) is 10.0. The molecule has 4 heteroatoms. The van der Waals surface area contributed by atoms with Crippen LogP contribution in [0.2, 0.25) is 5.02 Å². The number of benzene rings is 1. The van der Waals surface area contributed by atoms with Crippen molar-refractivity contribution in [1.29, 1.82) is 0 Å². The summed E-state index contributed by atoms with van der Waals surface area (Å²) in [5, 5.41) is 0.280. The van der Waals surface area contributed by atoms with Gasteiger partial charge in [-0.1, -0.05) is 24.9 Å². The lowest BCUT2D eigenvalue weighted by Crippen LogP contribution is -2.25. The van der Waals surface area contributed by atoms with Gasteiger partial charge in [0.1, 0.15) is 11.9 Å². The van der Waals surface area contributed by atoms with Gasteiger partial charge in [0.15, 0.2) is 5.78 Å². The van der Waals surface area contributed by atoms with E-state index < -0.39 is 11.9 Å². The Balaban J connectivity index is 2.92. The zero-order valence-corrected chi connectivity index (χ0v) is 10.8. The molecule has 0 bridgehead atoms. The summed E-state index contributed by atoms with van der Waals surface area (Å²) < 4.78 is 18.9. The first-order valence-corrected chi connectivity index (χ1v) is 6.08. The van der Waals surface area contributed by atoms with E-state index in [9.17, 15) is 9.18 Å². The molecule has 0 aliphatic carbocycles. The van der Waals surface area contributed by atoms with Crippen molar-refractivity contribution in [3.8, 4) is 0 Å². The molecule has 0 aliphatic heterocycles. The second-order valence-corrected chi connectivity index (χ2v) is 4.16. The molecule has 0 saturated carbocycles. The molecule has 0 spiro atoms. The monoisotopic (exact) mass is 258 g/mol. The fourth-order valence-corrected chi connectivity index (χ4v) is 1.78. The fourth-order valence-electron chi connectivity index (χ4n) is 1.62. The van der Waals surface area contributed by atoms with Crippen molar-refractivity contribution in [3.05, 3.63) is 34.6 Å². The van der Waals surface area contributed by atoms with E-state index in [2.05, 4.69) is 0 Å². The molecule has 0 N–H and O–H groups in total. The maximum atomic E-state index is 13.6. The van der Waals surface area contributed by atoms with Gasteiger partial charge in [0.2, 0.25) is 0 Å². The van der Waals surface area contributed by atoms with E-state index in [0.717, 1.165) is 12.5 Å². The molecule has 2 nitrogen and oxygen atoms in total. The summed E-state index contributed by atoms with van der Waals surface area (Å²) in [6.07, 6.45) is 0.834. The third kappa shape index (κ3) is 3.79. The zero-order chi connectivity index (χ0) is 12.8. The fraction of sp³-hybridized carbons (Fsp3) is 0.462. The first-order valence-electron chi connectivity index (χ1n) is 5.71. The second-order valence-electron chi connectivity index (χ2n) is 3.72. The van der Waals surface area contributed by atoms with Crippen LogP contribution in [-0.2, 0) is 4.74 Å². The molecule has 94 valence electrons. The average Bonchev–Trinajstić information content (AvgIpc) is 2.28. The van der Waals surface area contributed by atoms with Gasteiger partial charge >= 0.3 is 0 Å². The highest BCUT2D eigenvalue weighted by Crippen LogP contribution is 2.18. The Kier molecular flexibility index (Phi) is 5.59. The van der Waals surface area contributed by atoms with Crippen LogP contribution in [0.4, 0.5) is 4.39 Å². The lowest BCUT2D eigenvalue weighted by Gasteiger charge is -2.15. The molecular formula is C13H16ClFO2. The summed E-state index contributed by atoms with van der Waals surface area (Å²) in [6, 6.07) is 4.05. The molecular weight excluding hydrogens is 243 g/mol. The number of hydrogen-bond donors (Lipinski definition) is 0. The van der Waals surface area contributed by atoms with E-state index in [-0.39, 0.29) is 16.4 Å². The van der Waals surface area contributed by atoms with E-state index in [4.69, 9.17) is 16.3 Å². The van der Waals surface area contributed by atoms with Crippen molar-refractivity contribution < 1.29 is 13.9 Å². The molecule has 1 aromatic carbocycles. The summed E-state index contributed by atoms with van der Waals surface area (Å²) in [6.45, 7) is 4.21. The standard InChI is InChI=1S/C13H16ClFO2/c1-3-5-12(17-4-2)13(16)10-7-6-9(14)8-11(10)15/h6-8,12H,3-5H2,1-2H3. The number of carbonyl (C=O) groups excluding carboxylic acids is 1. The molecule has 17 heavy (non-hydrogen) atoms. The van der Waals surface area contributed by atoms with Gasteiger partial charge in [0.05, 0.1) is 5.56 Å². The highest BCUT2D eigenvalue weighted by atomic mass is 35.5. The van der Waals surface area contributed by atoms with E-state index in [1.54, 1.807) is 0 Å². The lowest BCUT2D eigenvalue weighted by molar-refractivity contribution is 0.0419. The largest absolute Gasteiger partial charge is 0.370 e. The van der Waals surface area contributed by atoms with Crippen LogP contribution in [0.3, 0.4) is 0 Å². The molecule has 0 radical (unpaired) electrons. The van der Waals surface area contributed by atoms with E-state index >= 15 is 0 Å². The summed E-state index contributed by atoms with van der Waals surface area (Å²) in [4.78, 5) is 12.0. The molecule has 0 aromatic heterocycles. The summed E-state index contributed by atoms with van der Waals surface area (Å²) in [7, 11) is 0. The van der Waals surface area contributed by atoms with Crippen LogP contribution in [0, 0.1) is 5.82 Å². The van der Waals surface area contributed by atoms with Crippen LogP contribution >= 0.6 is 11.6 Å². The minimum absolute atomic E-state index is 0.0429. The minimum Gasteiger partial charge on any atom is -0.370 e. The van der Waals surface area contributed by atoms with Crippen LogP contribution < -0.4 is 0 Å². The van der Waals surface area contributed by atoms with Crippen molar-refractivity contribution in [1.82, 2.24) is 0 Å². The third-order valence-corrected chi connectivity index (χ3v) is 2.64. The number of rotatable bonds is 6. The van der Waals surface area contributed by atoms with Gasteiger partial charge in [-0.05, 0) is 31.5 Å². The van der Waals surface area contributed by atoms with Gasteiger partial charge in [-0.25, -0.2) is 4.39 Å². The molecule has 0 heterocycles. The Morgan fingerprint density at radius 3 is 2.71 bits per heavy atom. The van der Waals surface area contributed by atoms with Crippen molar-refractivity contribution in [2.75, 3.05) is 6.61 Å². The predicted octanol–water partition coefficient (Wildman–Crippen LogP) is 3.87. The van der Waals surface area contributed by atoms with Crippen LogP contribution in [0.1, 0.15) is 37.0 Å². The number of halogens is 2. The van der Waals surface area contributed by atoms with E-state index in [1.807, 2.05) is 13.8 Å². The molecule has 1 atom stereocenters. The average molecular weight is 259 g/mol.